The van der Waals surface area contributed by atoms with E-state index in [9.17, 15) is 0 Å². The van der Waals surface area contributed by atoms with Crippen molar-refractivity contribution in [2.75, 3.05) is 7.11 Å². The first kappa shape index (κ1) is 9.52. The number of nitrogens with zero attached hydrogens (tertiary/aromatic N) is 2. The van der Waals surface area contributed by atoms with Gasteiger partial charge in [0.05, 0.1) is 12.8 Å². The van der Waals surface area contributed by atoms with Crippen LogP contribution in [-0.2, 0) is 6.42 Å². The third-order valence-corrected chi connectivity index (χ3v) is 2.77. The summed E-state index contributed by atoms with van der Waals surface area (Å²) in [6, 6.07) is 5.91. The Labute approximate surface area is 90.8 Å². The number of fused-ring (bicyclic) bond motifs is 1. The van der Waals surface area contributed by atoms with E-state index in [-0.39, 0.29) is 0 Å². The van der Waals surface area contributed by atoms with E-state index in [1.807, 2.05) is 22.7 Å². The van der Waals surface area contributed by atoms with E-state index in [2.05, 4.69) is 28.0 Å². The summed E-state index contributed by atoms with van der Waals surface area (Å²) in [6.45, 7) is 2.09. The Morgan fingerprint density at radius 3 is 2.93 bits per heavy atom. The fourth-order valence-corrected chi connectivity index (χ4v) is 1.82. The fraction of sp³-hybridized carbons (Fsp3) is 0.300. The maximum Gasteiger partial charge on any atom is 0.144 e. The van der Waals surface area contributed by atoms with Crippen LogP contribution in [0.1, 0.15) is 12.6 Å². The summed E-state index contributed by atoms with van der Waals surface area (Å²) in [5, 5.41) is 4.43. The quantitative estimate of drug-likeness (QED) is 0.771. The summed E-state index contributed by atoms with van der Waals surface area (Å²) in [5.41, 5.74) is 2.06. The first-order valence-corrected chi connectivity index (χ1v) is 5.26. The van der Waals surface area contributed by atoms with Crippen LogP contribution in [0.3, 0.4) is 0 Å². The summed E-state index contributed by atoms with van der Waals surface area (Å²) in [6.07, 6.45) is 0.928. The topological polar surface area (TPSA) is 26.5 Å². The zero-order valence-corrected chi connectivity index (χ0v) is 9.71. The second kappa shape index (κ2) is 3.61. The van der Waals surface area contributed by atoms with Gasteiger partial charge in [0.2, 0.25) is 0 Å². The Morgan fingerprint density at radius 1 is 1.50 bits per heavy atom. The molecule has 0 atom stereocenters. The van der Waals surface area contributed by atoms with Crippen molar-refractivity contribution in [3.8, 4) is 5.75 Å². The van der Waals surface area contributed by atoms with Gasteiger partial charge in [-0.1, -0.05) is 6.92 Å². The molecule has 0 unspecified atom stereocenters. The zero-order valence-electron chi connectivity index (χ0n) is 8.12. The highest BCUT2D eigenvalue weighted by atomic mass is 79.9. The van der Waals surface area contributed by atoms with Crippen molar-refractivity contribution in [1.82, 2.24) is 9.61 Å². The smallest absolute Gasteiger partial charge is 0.144 e. The molecule has 0 N–H and O–H groups in total. The van der Waals surface area contributed by atoms with Crippen LogP contribution >= 0.6 is 15.9 Å². The van der Waals surface area contributed by atoms with Crippen LogP contribution in [0.25, 0.3) is 5.52 Å². The molecule has 0 bridgehead atoms. The maximum absolute atomic E-state index is 5.26. The highest BCUT2D eigenvalue weighted by Gasteiger charge is 2.07. The van der Waals surface area contributed by atoms with Gasteiger partial charge in [0, 0.05) is 0 Å². The van der Waals surface area contributed by atoms with Crippen LogP contribution in [0.4, 0.5) is 0 Å². The molecule has 0 spiro atoms. The number of ether oxygens (including phenoxy) is 1. The molecule has 74 valence electrons. The third-order valence-electron chi connectivity index (χ3n) is 2.17. The Bertz CT molecular complexity index is 464. The fourth-order valence-electron chi connectivity index (χ4n) is 1.41. The molecule has 0 aliphatic heterocycles. The molecule has 0 amide bonds. The summed E-state index contributed by atoms with van der Waals surface area (Å²) >= 11 is 3.45. The number of halogens is 1. The number of hydrogen-bond acceptors (Lipinski definition) is 2. The minimum absolute atomic E-state index is 0.848. The first-order valence-electron chi connectivity index (χ1n) is 4.47. The number of aryl methyl sites for hydroxylation is 1. The minimum Gasteiger partial charge on any atom is -0.494 e. The second-order valence-corrected chi connectivity index (χ2v) is 3.82. The van der Waals surface area contributed by atoms with Crippen LogP contribution in [0.2, 0.25) is 0 Å². The minimum atomic E-state index is 0.848. The Kier molecular flexibility index (Phi) is 2.46. The molecular formula is C10H11BrN2O. The number of pyridine rings is 1. The molecule has 0 aromatic carbocycles. The molecule has 14 heavy (non-hydrogen) atoms. The lowest BCUT2D eigenvalue weighted by Crippen LogP contribution is -1.93. The highest BCUT2D eigenvalue weighted by Crippen LogP contribution is 2.24. The van der Waals surface area contributed by atoms with E-state index in [4.69, 9.17) is 4.74 Å². The van der Waals surface area contributed by atoms with Crippen LogP contribution in [0.15, 0.2) is 22.8 Å². The van der Waals surface area contributed by atoms with Crippen molar-refractivity contribution in [3.63, 3.8) is 0 Å². The summed E-state index contributed by atoms with van der Waals surface area (Å²) in [5.74, 6) is 0.848. The van der Waals surface area contributed by atoms with Crippen molar-refractivity contribution >= 4 is 21.4 Å². The van der Waals surface area contributed by atoms with Crippen LogP contribution in [-0.4, -0.2) is 16.7 Å². The average Bonchev–Trinajstić information content (AvgIpc) is 2.63. The van der Waals surface area contributed by atoms with Crippen molar-refractivity contribution in [2.24, 2.45) is 0 Å². The van der Waals surface area contributed by atoms with E-state index in [1.165, 1.54) is 0 Å². The Morgan fingerprint density at radius 2 is 2.29 bits per heavy atom. The molecule has 0 saturated heterocycles. The van der Waals surface area contributed by atoms with Gasteiger partial charge in [-0.3, -0.25) is 0 Å². The van der Waals surface area contributed by atoms with Crippen molar-refractivity contribution in [2.45, 2.75) is 13.3 Å². The van der Waals surface area contributed by atoms with Gasteiger partial charge in [0.1, 0.15) is 15.9 Å². The summed E-state index contributed by atoms with van der Waals surface area (Å²) in [4.78, 5) is 0. The molecule has 0 saturated carbocycles. The maximum atomic E-state index is 5.26. The molecular weight excluding hydrogens is 244 g/mol. The first-order chi connectivity index (χ1) is 6.76. The van der Waals surface area contributed by atoms with E-state index < -0.39 is 0 Å². The number of methoxy groups -OCH3 is 1. The lowest BCUT2D eigenvalue weighted by Gasteiger charge is -2.02. The summed E-state index contributed by atoms with van der Waals surface area (Å²) < 4.78 is 8.04. The standard InChI is InChI=1S/C10H11BrN2O/c1-3-7-6-8-9(14-2)4-5-10(11)13(8)12-7/h4-6H,3H2,1-2H3. The largest absolute Gasteiger partial charge is 0.494 e. The SMILES string of the molecule is CCc1cc2c(OC)ccc(Br)n2n1. The van der Waals surface area contributed by atoms with Crippen molar-refractivity contribution in [3.05, 3.63) is 28.5 Å². The van der Waals surface area contributed by atoms with E-state index in [0.717, 1.165) is 28.0 Å². The van der Waals surface area contributed by atoms with Gasteiger partial charge < -0.3 is 4.74 Å². The van der Waals surface area contributed by atoms with Gasteiger partial charge in [-0.25, -0.2) is 4.52 Å². The molecule has 2 heterocycles. The highest BCUT2D eigenvalue weighted by molar-refractivity contribution is 9.10. The molecule has 2 aromatic heterocycles. The van der Waals surface area contributed by atoms with Gasteiger partial charge in [0.25, 0.3) is 0 Å². The number of hydrogen-bond donors (Lipinski definition) is 0. The van der Waals surface area contributed by atoms with Crippen molar-refractivity contribution in [1.29, 1.82) is 0 Å². The number of rotatable bonds is 2. The van der Waals surface area contributed by atoms with Crippen molar-refractivity contribution < 1.29 is 4.74 Å². The average molecular weight is 255 g/mol. The predicted molar refractivity (Wildman–Crippen MR) is 58.8 cm³/mol. The van der Waals surface area contributed by atoms with Gasteiger partial charge >= 0.3 is 0 Å². The lowest BCUT2D eigenvalue weighted by atomic mass is 10.3. The lowest BCUT2D eigenvalue weighted by molar-refractivity contribution is 0.417. The van der Waals surface area contributed by atoms with Gasteiger partial charge in [-0.15, -0.1) is 0 Å². The monoisotopic (exact) mass is 254 g/mol. The molecule has 4 heteroatoms. The van der Waals surface area contributed by atoms with Gasteiger partial charge in [-0.05, 0) is 40.5 Å². The van der Waals surface area contributed by atoms with E-state index in [1.54, 1.807) is 7.11 Å². The predicted octanol–water partition coefficient (Wildman–Crippen LogP) is 2.67. The molecule has 0 aliphatic rings. The van der Waals surface area contributed by atoms with E-state index in [0.29, 0.717) is 0 Å². The van der Waals surface area contributed by atoms with Gasteiger partial charge in [0.15, 0.2) is 0 Å². The molecule has 3 nitrogen and oxygen atoms in total. The molecule has 2 aromatic rings. The summed E-state index contributed by atoms with van der Waals surface area (Å²) in [7, 11) is 1.67. The third kappa shape index (κ3) is 1.39. The second-order valence-electron chi connectivity index (χ2n) is 3.01. The Hall–Kier alpha value is -1.03. The zero-order chi connectivity index (χ0) is 10.1. The Balaban J connectivity index is 2.74. The van der Waals surface area contributed by atoms with Crippen LogP contribution in [0.5, 0.6) is 5.75 Å². The molecule has 0 radical (unpaired) electrons. The molecule has 2 rings (SSSR count). The normalized spacial score (nSPS) is 10.8. The van der Waals surface area contributed by atoms with Gasteiger partial charge in [-0.2, -0.15) is 5.10 Å². The van der Waals surface area contributed by atoms with Crippen LogP contribution < -0.4 is 4.74 Å². The van der Waals surface area contributed by atoms with E-state index >= 15 is 0 Å². The molecule has 0 fully saturated rings. The van der Waals surface area contributed by atoms with Crippen LogP contribution in [0, 0.1) is 0 Å². The molecule has 0 aliphatic carbocycles. The number of aromatic nitrogens is 2.